The van der Waals surface area contributed by atoms with E-state index in [9.17, 15) is 5.11 Å². The van der Waals surface area contributed by atoms with Crippen molar-refractivity contribution in [3.63, 3.8) is 0 Å². The van der Waals surface area contributed by atoms with Gasteiger partial charge in [0, 0.05) is 35.0 Å². The lowest BCUT2D eigenvalue weighted by molar-refractivity contribution is 0.475. The molecular weight excluding hydrogens is 316 g/mol. The molecule has 0 spiro atoms. The lowest BCUT2D eigenvalue weighted by atomic mass is 10.1. The minimum atomic E-state index is 0.292. The summed E-state index contributed by atoms with van der Waals surface area (Å²) in [4.78, 5) is 2.23. The molecule has 0 aromatic heterocycles. The summed E-state index contributed by atoms with van der Waals surface area (Å²) in [6, 6.07) is 11.3. The van der Waals surface area contributed by atoms with E-state index >= 15 is 0 Å². The summed E-state index contributed by atoms with van der Waals surface area (Å²) >= 11 is 3.55. The number of nitrogen functional groups attached to an aromatic ring is 1. The Morgan fingerprint density at radius 3 is 2.60 bits per heavy atom. The second kappa shape index (κ2) is 6.18. The SMILES string of the molecule is CCN(Cc1ccc(N)cc1Br)c1cc(O)ccc1C. The van der Waals surface area contributed by atoms with Crippen LogP contribution in [0.15, 0.2) is 40.9 Å². The predicted octanol–water partition coefficient (Wildman–Crippen LogP) is 4.07. The second-order valence-corrected chi connectivity index (χ2v) is 5.69. The van der Waals surface area contributed by atoms with E-state index in [0.29, 0.717) is 5.75 Å². The number of anilines is 2. The molecule has 0 atom stereocenters. The summed E-state index contributed by atoms with van der Waals surface area (Å²) in [6.45, 7) is 5.78. The minimum absolute atomic E-state index is 0.292. The molecule has 0 radical (unpaired) electrons. The van der Waals surface area contributed by atoms with Gasteiger partial charge >= 0.3 is 0 Å². The van der Waals surface area contributed by atoms with Gasteiger partial charge in [-0.3, -0.25) is 0 Å². The molecule has 0 aliphatic heterocycles. The maximum absolute atomic E-state index is 9.69. The summed E-state index contributed by atoms with van der Waals surface area (Å²) in [7, 11) is 0. The van der Waals surface area contributed by atoms with Crippen molar-refractivity contribution in [2.24, 2.45) is 0 Å². The average molecular weight is 335 g/mol. The number of hydrogen-bond donors (Lipinski definition) is 2. The first-order valence-electron chi connectivity index (χ1n) is 6.59. The average Bonchev–Trinajstić information content (AvgIpc) is 2.41. The number of phenolic OH excluding ortho intramolecular Hbond substituents is 1. The first-order chi connectivity index (χ1) is 9.51. The van der Waals surface area contributed by atoms with Crippen molar-refractivity contribution in [2.45, 2.75) is 20.4 Å². The number of nitrogens with zero attached hydrogens (tertiary/aromatic N) is 1. The van der Waals surface area contributed by atoms with E-state index in [1.165, 1.54) is 5.56 Å². The molecule has 2 aromatic rings. The molecule has 3 N–H and O–H groups in total. The Morgan fingerprint density at radius 1 is 1.20 bits per heavy atom. The highest BCUT2D eigenvalue weighted by Crippen LogP contribution is 2.28. The molecule has 0 amide bonds. The molecule has 2 aromatic carbocycles. The van der Waals surface area contributed by atoms with Gasteiger partial charge in [0.15, 0.2) is 0 Å². The Bertz CT molecular complexity index is 613. The van der Waals surface area contributed by atoms with Crippen LogP contribution in [-0.2, 0) is 6.54 Å². The summed E-state index contributed by atoms with van der Waals surface area (Å²) in [5.74, 6) is 0.292. The lowest BCUT2D eigenvalue weighted by Crippen LogP contribution is -2.23. The fraction of sp³-hybridized carbons (Fsp3) is 0.250. The molecule has 2 rings (SSSR count). The summed E-state index contributed by atoms with van der Waals surface area (Å²) in [5.41, 5.74) is 9.89. The van der Waals surface area contributed by atoms with Crippen LogP contribution in [0.2, 0.25) is 0 Å². The highest BCUT2D eigenvalue weighted by atomic mass is 79.9. The Hall–Kier alpha value is -1.68. The van der Waals surface area contributed by atoms with Crippen LogP contribution < -0.4 is 10.6 Å². The van der Waals surface area contributed by atoms with Gasteiger partial charge in [0.2, 0.25) is 0 Å². The Balaban J connectivity index is 2.31. The molecule has 0 aliphatic carbocycles. The van der Waals surface area contributed by atoms with Crippen LogP contribution in [-0.4, -0.2) is 11.7 Å². The lowest BCUT2D eigenvalue weighted by Gasteiger charge is -2.26. The molecule has 0 saturated carbocycles. The Labute approximate surface area is 128 Å². The molecule has 0 heterocycles. The molecule has 0 saturated heterocycles. The zero-order valence-corrected chi connectivity index (χ0v) is 13.3. The Kier molecular flexibility index (Phi) is 4.55. The van der Waals surface area contributed by atoms with Gasteiger partial charge in [-0.2, -0.15) is 0 Å². The highest BCUT2D eigenvalue weighted by molar-refractivity contribution is 9.10. The van der Waals surface area contributed by atoms with E-state index in [2.05, 4.69) is 34.7 Å². The number of nitrogens with two attached hydrogens (primary N) is 1. The van der Waals surface area contributed by atoms with Gasteiger partial charge in [-0.15, -0.1) is 0 Å². The molecule has 0 fully saturated rings. The fourth-order valence-electron chi connectivity index (χ4n) is 2.20. The molecular formula is C16H19BrN2O. The molecule has 0 bridgehead atoms. The smallest absolute Gasteiger partial charge is 0.117 e. The third-order valence-corrected chi connectivity index (χ3v) is 4.09. The van der Waals surface area contributed by atoms with Gasteiger partial charge in [-0.25, -0.2) is 0 Å². The van der Waals surface area contributed by atoms with Crippen molar-refractivity contribution in [3.8, 4) is 5.75 Å². The number of aromatic hydroxyl groups is 1. The van der Waals surface area contributed by atoms with Gasteiger partial charge in [-0.1, -0.05) is 28.1 Å². The van der Waals surface area contributed by atoms with Crippen molar-refractivity contribution in [1.82, 2.24) is 0 Å². The zero-order chi connectivity index (χ0) is 14.7. The Morgan fingerprint density at radius 2 is 1.95 bits per heavy atom. The van der Waals surface area contributed by atoms with E-state index in [1.807, 2.05) is 30.3 Å². The van der Waals surface area contributed by atoms with Crippen LogP contribution in [0.3, 0.4) is 0 Å². The number of benzene rings is 2. The number of phenols is 1. The molecule has 106 valence electrons. The van der Waals surface area contributed by atoms with Crippen molar-refractivity contribution < 1.29 is 5.11 Å². The molecule has 4 heteroatoms. The number of hydrogen-bond acceptors (Lipinski definition) is 3. The highest BCUT2D eigenvalue weighted by Gasteiger charge is 2.11. The fourth-order valence-corrected chi connectivity index (χ4v) is 2.73. The second-order valence-electron chi connectivity index (χ2n) is 4.84. The van der Waals surface area contributed by atoms with Crippen LogP contribution in [0.25, 0.3) is 0 Å². The third-order valence-electron chi connectivity index (χ3n) is 3.35. The first kappa shape index (κ1) is 14.7. The first-order valence-corrected chi connectivity index (χ1v) is 7.39. The van der Waals surface area contributed by atoms with E-state index < -0.39 is 0 Å². The van der Waals surface area contributed by atoms with Crippen LogP contribution in [0, 0.1) is 6.92 Å². The molecule has 0 unspecified atom stereocenters. The number of rotatable bonds is 4. The maximum atomic E-state index is 9.69. The predicted molar refractivity (Wildman–Crippen MR) is 88.1 cm³/mol. The topological polar surface area (TPSA) is 49.5 Å². The van der Waals surface area contributed by atoms with Crippen molar-refractivity contribution in [3.05, 3.63) is 52.0 Å². The minimum Gasteiger partial charge on any atom is -0.508 e. The monoisotopic (exact) mass is 334 g/mol. The van der Waals surface area contributed by atoms with E-state index in [-0.39, 0.29) is 0 Å². The molecule has 3 nitrogen and oxygen atoms in total. The maximum Gasteiger partial charge on any atom is 0.117 e. The number of aryl methyl sites for hydroxylation is 1. The van der Waals surface area contributed by atoms with Gasteiger partial charge in [0.1, 0.15) is 5.75 Å². The standard InChI is InChI=1S/C16H19BrN2O/c1-3-19(16-9-14(20)7-4-11(16)2)10-12-5-6-13(18)8-15(12)17/h4-9,20H,3,10,18H2,1-2H3. The summed E-state index contributed by atoms with van der Waals surface area (Å²) in [6.07, 6.45) is 0. The molecule has 20 heavy (non-hydrogen) atoms. The zero-order valence-electron chi connectivity index (χ0n) is 11.7. The van der Waals surface area contributed by atoms with E-state index in [4.69, 9.17) is 5.73 Å². The van der Waals surface area contributed by atoms with Crippen molar-refractivity contribution in [2.75, 3.05) is 17.2 Å². The molecule has 0 aliphatic rings. The van der Waals surface area contributed by atoms with Crippen LogP contribution in [0.1, 0.15) is 18.1 Å². The van der Waals surface area contributed by atoms with E-state index in [0.717, 1.165) is 34.5 Å². The van der Waals surface area contributed by atoms with Gasteiger partial charge < -0.3 is 15.7 Å². The van der Waals surface area contributed by atoms with Crippen LogP contribution in [0.4, 0.5) is 11.4 Å². The summed E-state index contributed by atoms with van der Waals surface area (Å²) in [5, 5.41) is 9.69. The largest absolute Gasteiger partial charge is 0.508 e. The third kappa shape index (κ3) is 3.25. The normalized spacial score (nSPS) is 10.6. The quantitative estimate of drug-likeness (QED) is 0.828. The van der Waals surface area contributed by atoms with Gasteiger partial charge in [0.25, 0.3) is 0 Å². The van der Waals surface area contributed by atoms with Gasteiger partial charge in [0.05, 0.1) is 0 Å². The van der Waals surface area contributed by atoms with Crippen LogP contribution in [0.5, 0.6) is 5.75 Å². The van der Waals surface area contributed by atoms with Crippen molar-refractivity contribution >= 4 is 27.3 Å². The van der Waals surface area contributed by atoms with Crippen molar-refractivity contribution in [1.29, 1.82) is 0 Å². The summed E-state index contributed by atoms with van der Waals surface area (Å²) < 4.78 is 1.01. The number of halogens is 1. The van der Waals surface area contributed by atoms with Crippen LogP contribution >= 0.6 is 15.9 Å². The van der Waals surface area contributed by atoms with E-state index in [1.54, 1.807) is 6.07 Å². The van der Waals surface area contributed by atoms with Gasteiger partial charge in [-0.05, 0) is 43.2 Å².